The van der Waals surface area contributed by atoms with E-state index in [0.29, 0.717) is 0 Å². The molecule has 0 aliphatic carbocycles. The van der Waals surface area contributed by atoms with Gasteiger partial charge >= 0.3 is 0 Å². The average Bonchev–Trinajstić information content (AvgIpc) is 3.81. The van der Waals surface area contributed by atoms with Gasteiger partial charge in [-0.05, 0) is 86.3 Å². The second kappa shape index (κ2) is 12.2. The molecule has 3 heteroatoms. The predicted molar refractivity (Wildman–Crippen MR) is 233 cm³/mol. The zero-order chi connectivity index (χ0) is 34.9. The molecule has 11 rings (SSSR count). The van der Waals surface area contributed by atoms with Crippen molar-refractivity contribution in [3.8, 4) is 22.3 Å². The van der Waals surface area contributed by atoms with Gasteiger partial charge in [-0.3, -0.25) is 0 Å². The van der Waals surface area contributed by atoms with E-state index in [-0.39, 0.29) is 0 Å². The van der Waals surface area contributed by atoms with Gasteiger partial charge in [-0.1, -0.05) is 146 Å². The third-order valence-electron chi connectivity index (χ3n) is 10.7. The quantitative estimate of drug-likeness (QED) is 0.172. The lowest BCUT2D eigenvalue weighted by atomic mass is 9.97. The maximum absolute atomic E-state index is 2.47. The van der Waals surface area contributed by atoms with Crippen molar-refractivity contribution in [1.82, 2.24) is 0 Å². The molecule has 248 valence electrons. The Morgan fingerprint density at radius 1 is 0.340 bits per heavy atom. The largest absolute Gasteiger partial charge is 0.309 e. The van der Waals surface area contributed by atoms with E-state index in [1.54, 1.807) is 0 Å². The summed E-state index contributed by atoms with van der Waals surface area (Å²) in [5, 5.41) is 10.4. The molecule has 0 fully saturated rings. The molecule has 0 atom stereocenters. The van der Waals surface area contributed by atoms with Crippen molar-refractivity contribution >= 4 is 102 Å². The van der Waals surface area contributed by atoms with Crippen LogP contribution in [0.25, 0.3) is 84.1 Å². The van der Waals surface area contributed by atoms with Crippen LogP contribution >= 0.6 is 22.7 Å². The Morgan fingerprint density at radius 3 is 1.75 bits per heavy atom. The van der Waals surface area contributed by atoms with Gasteiger partial charge in [0.1, 0.15) is 0 Å². The SMILES string of the molecule is c1ccc(-c2ccc(N(c3ccc(-c4cccc5ccccc45)cc3)c3cc4ccccc4c4c3sc3c4ccc4sc5ccccc5c43)cc2)cc1. The number of fused-ring (bicyclic) bond motifs is 10. The zero-order valence-electron chi connectivity index (χ0n) is 28.7. The predicted octanol–water partition coefficient (Wildman–Crippen LogP) is 15.5. The fourth-order valence-corrected chi connectivity index (χ4v) is 10.7. The highest BCUT2D eigenvalue weighted by atomic mass is 32.1. The molecule has 0 radical (unpaired) electrons. The molecule has 2 heterocycles. The van der Waals surface area contributed by atoms with Crippen LogP contribution in [0.15, 0.2) is 188 Å². The van der Waals surface area contributed by atoms with Crippen molar-refractivity contribution in [3.63, 3.8) is 0 Å². The zero-order valence-corrected chi connectivity index (χ0v) is 30.3. The molecule has 0 N–H and O–H groups in total. The van der Waals surface area contributed by atoms with Crippen LogP contribution in [0.3, 0.4) is 0 Å². The lowest BCUT2D eigenvalue weighted by Crippen LogP contribution is -2.10. The second-order valence-corrected chi connectivity index (χ2v) is 15.8. The molecule has 9 aromatic carbocycles. The Morgan fingerprint density at radius 2 is 0.962 bits per heavy atom. The van der Waals surface area contributed by atoms with Gasteiger partial charge < -0.3 is 4.90 Å². The molecule has 0 saturated heterocycles. The van der Waals surface area contributed by atoms with Crippen LogP contribution < -0.4 is 4.90 Å². The fraction of sp³-hybridized carbons (Fsp3) is 0. The lowest BCUT2D eigenvalue weighted by Gasteiger charge is -2.27. The summed E-state index contributed by atoms with van der Waals surface area (Å²) in [5.41, 5.74) is 8.33. The van der Waals surface area contributed by atoms with Gasteiger partial charge in [0.25, 0.3) is 0 Å². The normalized spacial score (nSPS) is 11.8. The molecule has 0 spiro atoms. The van der Waals surface area contributed by atoms with Crippen molar-refractivity contribution in [2.45, 2.75) is 0 Å². The molecule has 1 nitrogen and oxygen atoms in total. The minimum Gasteiger partial charge on any atom is -0.309 e. The highest BCUT2D eigenvalue weighted by molar-refractivity contribution is 7.30. The Bertz CT molecular complexity index is 3150. The van der Waals surface area contributed by atoms with Crippen molar-refractivity contribution in [2.75, 3.05) is 4.90 Å². The summed E-state index contributed by atoms with van der Waals surface area (Å²) in [6.45, 7) is 0. The molecule has 0 amide bonds. The summed E-state index contributed by atoms with van der Waals surface area (Å²) < 4.78 is 5.34. The molecular formula is C50H31NS2. The van der Waals surface area contributed by atoms with Crippen molar-refractivity contribution in [2.24, 2.45) is 0 Å². The van der Waals surface area contributed by atoms with Crippen LogP contribution in [-0.2, 0) is 0 Å². The number of anilines is 3. The molecule has 2 aromatic heterocycles. The van der Waals surface area contributed by atoms with Gasteiger partial charge in [-0.15, -0.1) is 22.7 Å². The highest BCUT2D eigenvalue weighted by Crippen LogP contribution is 2.51. The van der Waals surface area contributed by atoms with Gasteiger partial charge in [-0.2, -0.15) is 0 Å². The maximum atomic E-state index is 2.47. The van der Waals surface area contributed by atoms with Crippen LogP contribution in [0.5, 0.6) is 0 Å². The Hall–Kier alpha value is -6.26. The highest BCUT2D eigenvalue weighted by Gasteiger charge is 2.22. The number of benzene rings is 9. The van der Waals surface area contributed by atoms with Crippen molar-refractivity contribution < 1.29 is 0 Å². The van der Waals surface area contributed by atoms with Crippen LogP contribution in [0, 0.1) is 0 Å². The van der Waals surface area contributed by atoms with Gasteiger partial charge in [0.05, 0.1) is 10.4 Å². The van der Waals surface area contributed by atoms with Crippen molar-refractivity contribution in [1.29, 1.82) is 0 Å². The minimum atomic E-state index is 1.13. The number of rotatable bonds is 5. The second-order valence-electron chi connectivity index (χ2n) is 13.7. The first kappa shape index (κ1) is 30.4. The first-order chi connectivity index (χ1) is 26.3. The van der Waals surface area contributed by atoms with Crippen LogP contribution in [0.4, 0.5) is 17.1 Å². The van der Waals surface area contributed by atoms with E-state index in [4.69, 9.17) is 0 Å². The molecular weight excluding hydrogens is 679 g/mol. The third kappa shape index (κ3) is 4.89. The standard InChI is InChI=1S/C50H31NS2/c1-2-11-32(12-3-1)33-21-25-37(26-22-33)51(38-27-23-35(24-28-38)40-19-10-15-34-13-4-6-16-39(34)40)44-31-36-14-5-7-17-41(36)47-43-29-30-46-48(49(43)53-50(44)47)42-18-8-9-20-45(42)52-46/h1-31H. The molecule has 0 aliphatic rings. The number of nitrogens with zero attached hydrogens (tertiary/aromatic N) is 1. The van der Waals surface area contributed by atoms with Gasteiger partial charge in [0, 0.05) is 47.0 Å². The fourth-order valence-electron chi connectivity index (χ4n) is 8.17. The molecule has 53 heavy (non-hydrogen) atoms. The van der Waals surface area contributed by atoms with E-state index in [0.717, 1.165) is 11.4 Å². The monoisotopic (exact) mass is 709 g/mol. The molecule has 0 unspecified atom stereocenters. The number of hydrogen-bond donors (Lipinski definition) is 0. The summed E-state index contributed by atoms with van der Waals surface area (Å²) >= 11 is 3.83. The van der Waals surface area contributed by atoms with Crippen LogP contribution in [0.1, 0.15) is 0 Å². The van der Waals surface area contributed by atoms with E-state index in [1.807, 2.05) is 22.7 Å². The Balaban J connectivity index is 1.17. The topological polar surface area (TPSA) is 3.24 Å². The maximum Gasteiger partial charge on any atom is 0.0646 e. The molecule has 11 aromatic rings. The third-order valence-corrected chi connectivity index (χ3v) is 13.0. The van der Waals surface area contributed by atoms with Crippen molar-refractivity contribution in [3.05, 3.63) is 188 Å². The van der Waals surface area contributed by atoms with E-state index in [1.165, 1.54) is 89.8 Å². The van der Waals surface area contributed by atoms with Gasteiger partial charge in [0.2, 0.25) is 0 Å². The molecule has 0 bridgehead atoms. The summed E-state index contributed by atoms with van der Waals surface area (Å²) in [7, 11) is 0. The summed E-state index contributed by atoms with van der Waals surface area (Å²) in [6.07, 6.45) is 0. The van der Waals surface area contributed by atoms with E-state index in [2.05, 4.69) is 193 Å². The minimum absolute atomic E-state index is 1.13. The first-order valence-corrected chi connectivity index (χ1v) is 19.6. The smallest absolute Gasteiger partial charge is 0.0646 e. The van der Waals surface area contributed by atoms with Gasteiger partial charge in [0.15, 0.2) is 0 Å². The summed E-state index contributed by atoms with van der Waals surface area (Å²) in [5.74, 6) is 0. The number of thiophene rings is 2. The van der Waals surface area contributed by atoms with Crippen LogP contribution in [0.2, 0.25) is 0 Å². The van der Waals surface area contributed by atoms with Crippen LogP contribution in [-0.4, -0.2) is 0 Å². The van der Waals surface area contributed by atoms with E-state index in [9.17, 15) is 0 Å². The molecule has 0 aliphatic heterocycles. The Kier molecular flexibility index (Phi) is 6.97. The Labute approximate surface area is 315 Å². The molecule has 0 saturated carbocycles. The van der Waals surface area contributed by atoms with E-state index < -0.39 is 0 Å². The van der Waals surface area contributed by atoms with E-state index >= 15 is 0 Å². The number of hydrogen-bond acceptors (Lipinski definition) is 3. The lowest BCUT2D eigenvalue weighted by molar-refractivity contribution is 1.30. The van der Waals surface area contributed by atoms with Gasteiger partial charge in [-0.25, -0.2) is 0 Å². The summed E-state index contributed by atoms with van der Waals surface area (Å²) in [6, 6.07) is 69.0. The summed E-state index contributed by atoms with van der Waals surface area (Å²) in [4.78, 5) is 2.47. The average molecular weight is 710 g/mol. The first-order valence-electron chi connectivity index (χ1n) is 18.0.